The number of carboxylic acid groups (broad SMARTS) is 1. The number of nitrogens with one attached hydrogen (secondary N) is 3. The van der Waals surface area contributed by atoms with E-state index < -0.39 is 35.9 Å². The summed E-state index contributed by atoms with van der Waals surface area (Å²) in [4.78, 5) is 41.0. The summed E-state index contributed by atoms with van der Waals surface area (Å²) in [7, 11) is 0. The lowest BCUT2D eigenvalue weighted by Crippen LogP contribution is -2.55. The molecule has 35 heavy (non-hydrogen) atoms. The van der Waals surface area contributed by atoms with Crippen molar-refractivity contribution in [2.75, 3.05) is 6.54 Å². The third-order valence-corrected chi connectivity index (χ3v) is 5.94. The normalized spacial score (nSPS) is 13.7. The van der Waals surface area contributed by atoms with E-state index in [0.29, 0.717) is 19.4 Å². The average Bonchev–Trinajstić information content (AvgIpc) is 3.26. The molecular weight excluding hydrogens is 446 g/mol. The van der Waals surface area contributed by atoms with Crippen molar-refractivity contribution in [3.63, 3.8) is 0 Å². The fourth-order valence-corrected chi connectivity index (χ4v) is 3.97. The quantitative estimate of drug-likeness (QED) is 0.203. The molecule has 0 aliphatic rings. The van der Waals surface area contributed by atoms with E-state index in [1.54, 1.807) is 6.20 Å². The second kappa shape index (κ2) is 12.7. The van der Waals surface area contributed by atoms with Crippen LogP contribution in [0, 0.1) is 0 Å². The van der Waals surface area contributed by atoms with Crippen LogP contribution in [0.15, 0.2) is 60.8 Å². The van der Waals surface area contributed by atoms with Gasteiger partial charge in [0.1, 0.15) is 12.1 Å². The van der Waals surface area contributed by atoms with Crippen molar-refractivity contribution >= 4 is 28.7 Å². The molecule has 3 unspecified atom stereocenters. The zero-order chi connectivity index (χ0) is 25.2. The van der Waals surface area contributed by atoms with Crippen LogP contribution in [0.1, 0.15) is 30.4 Å². The number of benzene rings is 2. The van der Waals surface area contributed by atoms with Crippen molar-refractivity contribution in [1.29, 1.82) is 0 Å². The Labute approximate surface area is 204 Å². The number of rotatable bonds is 13. The third kappa shape index (κ3) is 7.40. The van der Waals surface area contributed by atoms with Crippen LogP contribution < -0.4 is 22.1 Å². The highest BCUT2D eigenvalue weighted by molar-refractivity contribution is 5.92. The van der Waals surface area contributed by atoms with E-state index >= 15 is 0 Å². The predicted octanol–water partition coefficient (Wildman–Crippen LogP) is 1.46. The Hall–Kier alpha value is -3.69. The van der Waals surface area contributed by atoms with E-state index in [1.807, 2.05) is 54.6 Å². The molecule has 8 N–H and O–H groups in total. The molecule has 0 aliphatic carbocycles. The van der Waals surface area contributed by atoms with Crippen molar-refractivity contribution in [3.05, 3.63) is 71.9 Å². The number of para-hydroxylation sites is 1. The third-order valence-electron chi connectivity index (χ3n) is 5.94. The van der Waals surface area contributed by atoms with Gasteiger partial charge in [-0.2, -0.15) is 0 Å². The van der Waals surface area contributed by atoms with Gasteiger partial charge in [0, 0.05) is 29.9 Å². The SMILES string of the molecule is NCCCCC(N)C(=O)NC(Cc1ccccc1)C(=O)NC(Cc1c[nH]c2ccccc12)C(=O)O. The number of carbonyl (C=O) groups excluding carboxylic acids is 2. The number of carbonyl (C=O) groups is 3. The number of aliphatic carboxylic acids is 1. The Morgan fingerprint density at radius 3 is 2.29 bits per heavy atom. The van der Waals surface area contributed by atoms with Gasteiger partial charge in [0.15, 0.2) is 0 Å². The molecule has 0 bridgehead atoms. The molecule has 9 nitrogen and oxygen atoms in total. The smallest absolute Gasteiger partial charge is 0.326 e. The van der Waals surface area contributed by atoms with Crippen LogP contribution in [0.25, 0.3) is 10.9 Å². The number of carboxylic acids is 1. The van der Waals surface area contributed by atoms with Gasteiger partial charge in [-0.15, -0.1) is 0 Å². The molecule has 0 saturated heterocycles. The van der Waals surface area contributed by atoms with Crippen LogP contribution in [0.5, 0.6) is 0 Å². The van der Waals surface area contributed by atoms with Gasteiger partial charge in [-0.05, 0) is 36.6 Å². The molecule has 9 heteroatoms. The van der Waals surface area contributed by atoms with Crippen LogP contribution in [0.4, 0.5) is 0 Å². The number of hydrogen-bond donors (Lipinski definition) is 6. The molecule has 0 fully saturated rings. The van der Waals surface area contributed by atoms with Gasteiger partial charge in [0.05, 0.1) is 6.04 Å². The minimum absolute atomic E-state index is 0.0929. The lowest BCUT2D eigenvalue weighted by molar-refractivity contribution is -0.142. The molecule has 0 aliphatic heterocycles. The number of aromatic nitrogens is 1. The van der Waals surface area contributed by atoms with E-state index in [2.05, 4.69) is 15.6 Å². The van der Waals surface area contributed by atoms with Crippen LogP contribution in [-0.4, -0.2) is 52.5 Å². The second-order valence-corrected chi connectivity index (χ2v) is 8.60. The van der Waals surface area contributed by atoms with E-state index in [9.17, 15) is 19.5 Å². The highest BCUT2D eigenvalue weighted by Gasteiger charge is 2.28. The summed E-state index contributed by atoms with van der Waals surface area (Å²) in [6, 6.07) is 13.8. The Morgan fingerprint density at radius 2 is 1.57 bits per heavy atom. The second-order valence-electron chi connectivity index (χ2n) is 8.60. The first-order valence-corrected chi connectivity index (χ1v) is 11.8. The maximum absolute atomic E-state index is 13.2. The molecule has 3 atom stereocenters. The van der Waals surface area contributed by atoms with Gasteiger partial charge in [-0.25, -0.2) is 4.79 Å². The number of hydrogen-bond acceptors (Lipinski definition) is 5. The van der Waals surface area contributed by atoms with Crippen LogP contribution in [0.2, 0.25) is 0 Å². The number of aromatic amines is 1. The molecule has 1 aromatic heterocycles. The first-order chi connectivity index (χ1) is 16.9. The highest BCUT2D eigenvalue weighted by Crippen LogP contribution is 2.19. The Bertz CT molecular complexity index is 1130. The number of H-pyrrole nitrogens is 1. The van der Waals surface area contributed by atoms with Crippen LogP contribution >= 0.6 is 0 Å². The van der Waals surface area contributed by atoms with Gasteiger partial charge >= 0.3 is 5.97 Å². The Balaban J connectivity index is 1.73. The predicted molar refractivity (Wildman–Crippen MR) is 135 cm³/mol. The Kier molecular flexibility index (Phi) is 9.39. The molecule has 186 valence electrons. The standard InChI is InChI=1S/C26H33N5O4/c27-13-7-6-11-20(28)24(32)30-22(14-17-8-2-1-3-9-17)25(33)31-23(26(34)35)15-18-16-29-21-12-5-4-10-19(18)21/h1-5,8-10,12,16,20,22-23,29H,6-7,11,13-15,27-28H2,(H,30,32)(H,31,33)(H,34,35). The van der Waals surface area contributed by atoms with Gasteiger partial charge < -0.3 is 32.2 Å². The van der Waals surface area contributed by atoms with Gasteiger partial charge in [0.25, 0.3) is 0 Å². The zero-order valence-electron chi connectivity index (χ0n) is 19.6. The number of fused-ring (bicyclic) bond motifs is 1. The summed E-state index contributed by atoms with van der Waals surface area (Å²) in [5.41, 5.74) is 14.0. The Morgan fingerprint density at radius 1 is 0.886 bits per heavy atom. The summed E-state index contributed by atoms with van der Waals surface area (Å²) in [5.74, 6) is -2.20. The molecule has 2 amide bonds. The van der Waals surface area contributed by atoms with E-state index in [0.717, 1.165) is 28.5 Å². The summed E-state index contributed by atoms with van der Waals surface area (Å²) in [5, 5.41) is 16.0. The molecule has 0 saturated carbocycles. The van der Waals surface area contributed by atoms with E-state index in [4.69, 9.17) is 11.5 Å². The van der Waals surface area contributed by atoms with Crippen LogP contribution in [-0.2, 0) is 27.2 Å². The van der Waals surface area contributed by atoms with Crippen molar-refractivity contribution in [2.24, 2.45) is 11.5 Å². The van der Waals surface area contributed by atoms with Gasteiger partial charge in [-0.1, -0.05) is 55.0 Å². The monoisotopic (exact) mass is 479 g/mol. The summed E-state index contributed by atoms with van der Waals surface area (Å²) in [6.45, 7) is 0.514. The fourth-order valence-electron chi connectivity index (χ4n) is 3.97. The minimum Gasteiger partial charge on any atom is -0.480 e. The molecule has 1 heterocycles. The topological polar surface area (TPSA) is 163 Å². The minimum atomic E-state index is -1.17. The van der Waals surface area contributed by atoms with Gasteiger partial charge in [0.2, 0.25) is 11.8 Å². The number of amides is 2. The fraction of sp³-hybridized carbons (Fsp3) is 0.346. The first-order valence-electron chi connectivity index (χ1n) is 11.8. The molecular formula is C26H33N5O4. The van der Waals surface area contributed by atoms with Crippen molar-refractivity contribution < 1.29 is 19.5 Å². The first kappa shape index (κ1) is 25.9. The maximum atomic E-state index is 13.2. The lowest BCUT2D eigenvalue weighted by Gasteiger charge is -2.23. The summed E-state index contributed by atoms with van der Waals surface area (Å²) in [6.07, 6.45) is 3.94. The van der Waals surface area contributed by atoms with Crippen molar-refractivity contribution in [3.8, 4) is 0 Å². The molecule has 0 radical (unpaired) electrons. The molecule has 0 spiro atoms. The molecule has 3 rings (SSSR count). The molecule has 3 aromatic rings. The summed E-state index contributed by atoms with van der Waals surface area (Å²) < 4.78 is 0. The highest BCUT2D eigenvalue weighted by atomic mass is 16.4. The number of nitrogens with two attached hydrogens (primary N) is 2. The number of unbranched alkanes of at least 4 members (excludes halogenated alkanes) is 1. The lowest BCUT2D eigenvalue weighted by atomic mass is 10.0. The van der Waals surface area contributed by atoms with Crippen molar-refractivity contribution in [2.45, 2.75) is 50.2 Å². The summed E-state index contributed by atoms with van der Waals surface area (Å²) >= 11 is 0. The van der Waals surface area contributed by atoms with E-state index in [-0.39, 0.29) is 12.8 Å². The van der Waals surface area contributed by atoms with Crippen molar-refractivity contribution in [1.82, 2.24) is 15.6 Å². The van der Waals surface area contributed by atoms with E-state index in [1.165, 1.54) is 0 Å². The maximum Gasteiger partial charge on any atom is 0.326 e. The van der Waals surface area contributed by atoms with Crippen LogP contribution in [0.3, 0.4) is 0 Å². The average molecular weight is 480 g/mol. The molecule has 2 aromatic carbocycles. The van der Waals surface area contributed by atoms with Gasteiger partial charge in [-0.3, -0.25) is 9.59 Å². The largest absolute Gasteiger partial charge is 0.480 e. The zero-order valence-corrected chi connectivity index (χ0v) is 19.6.